The van der Waals surface area contributed by atoms with E-state index < -0.39 is 30.3 Å². The number of aromatic nitrogens is 2. The average Bonchev–Trinajstić information content (AvgIpc) is 3.38. The molecule has 0 bridgehead atoms. The van der Waals surface area contributed by atoms with Gasteiger partial charge in [-0.2, -0.15) is 13.2 Å². The third-order valence-corrected chi connectivity index (χ3v) is 9.53. The maximum absolute atomic E-state index is 15.4. The van der Waals surface area contributed by atoms with Gasteiger partial charge in [0.1, 0.15) is 35.9 Å². The normalized spacial score (nSPS) is 17.9. The number of hydrazine groups is 1. The molecule has 0 saturated carbocycles. The van der Waals surface area contributed by atoms with Gasteiger partial charge in [0.2, 0.25) is 0 Å². The molecule has 51 heavy (non-hydrogen) atoms. The van der Waals surface area contributed by atoms with Crippen LogP contribution in [0.3, 0.4) is 0 Å². The third-order valence-electron chi connectivity index (χ3n) is 9.11. The second-order valence-corrected chi connectivity index (χ2v) is 12.8. The molecule has 1 atom stereocenters. The average molecular weight is 733 g/mol. The maximum Gasteiger partial charge on any atom is 0.390 e. The van der Waals surface area contributed by atoms with Crippen molar-refractivity contribution >= 4 is 23.1 Å². The van der Waals surface area contributed by atoms with E-state index in [9.17, 15) is 13.2 Å². The fraction of sp³-hybridized carbons (Fsp3) is 0.405. The molecule has 5 rings (SSSR count). The number of rotatable bonds is 14. The third kappa shape index (κ3) is 9.26. The molecule has 2 aliphatic heterocycles. The molecule has 1 fully saturated rings. The van der Waals surface area contributed by atoms with Crippen molar-refractivity contribution in [3.63, 3.8) is 0 Å². The van der Waals surface area contributed by atoms with Crippen molar-refractivity contribution in [3.8, 4) is 5.75 Å². The summed E-state index contributed by atoms with van der Waals surface area (Å²) in [6, 6.07) is 9.35. The molecule has 14 heteroatoms. The summed E-state index contributed by atoms with van der Waals surface area (Å²) in [7, 11) is 3.32. The number of hydrogen-bond acceptors (Lipinski definition) is 8. The molecule has 0 spiro atoms. The molecule has 1 unspecified atom stereocenters. The van der Waals surface area contributed by atoms with Gasteiger partial charge in [-0.05, 0) is 50.9 Å². The number of alkyl halides is 3. The van der Waals surface area contributed by atoms with E-state index in [0.717, 1.165) is 16.8 Å². The quantitative estimate of drug-likeness (QED) is 0.101. The van der Waals surface area contributed by atoms with Crippen molar-refractivity contribution in [2.75, 3.05) is 57.3 Å². The van der Waals surface area contributed by atoms with Crippen LogP contribution < -0.4 is 15.1 Å². The van der Waals surface area contributed by atoms with Gasteiger partial charge in [0.25, 0.3) is 0 Å². The highest BCUT2D eigenvalue weighted by Crippen LogP contribution is 2.44. The highest BCUT2D eigenvalue weighted by Gasteiger charge is 2.38. The number of fused-ring (bicyclic) bond motifs is 1. The van der Waals surface area contributed by atoms with E-state index in [4.69, 9.17) is 31.0 Å². The predicted molar refractivity (Wildman–Crippen MR) is 189 cm³/mol. The summed E-state index contributed by atoms with van der Waals surface area (Å²) in [5, 5.41) is 7.45. The Labute approximate surface area is 300 Å². The summed E-state index contributed by atoms with van der Waals surface area (Å²) < 4.78 is 79.7. The summed E-state index contributed by atoms with van der Waals surface area (Å²) in [6.07, 6.45) is 3.03. The molecule has 1 aromatic heterocycles. The number of hydrogen-bond donors (Lipinski definition) is 1. The van der Waals surface area contributed by atoms with E-state index in [2.05, 4.69) is 11.9 Å². The minimum atomic E-state index is -4.20. The second-order valence-electron chi connectivity index (χ2n) is 12.4. The molecule has 2 aliphatic rings. The van der Waals surface area contributed by atoms with Gasteiger partial charge in [0.15, 0.2) is 5.82 Å². The molecule has 8 nitrogen and oxygen atoms in total. The monoisotopic (exact) mass is 732 g/mol. The number of anilines is 2. The number of likely N-dealkylation sites (tertiary alicyclic amines) is 1. The van der Waals surface area contributed by atoms with Crippen molar-refractivity contribution in [1.82, 2.24) is 19.9 Å². The van der Waals surface area contributed by atoms with Crippen molar-refractivity contribution in [1.29, 1.82) is 0 Å². The molecule has 1 saturated heterocycles. The molecule has 1 N–H and O–H groups in total. The number of methoxy groups -OCH3 is 1. The highest BCUT2D eigenvalue weighted by atomic mass is 35.5. The molecular formula is C37H42ClF5N6O2. The van der Waals surface area contributed by atoms with Crippen molar-refractivity contribution in [3.05, 3.63) is 112 Å². The van der Waals surface area contributed by atoms with Crippen molar-refractivity contribution in [2.45, 2.75) is 50.9 Å². The Hall–Kier alpha value is -4.04. The van der Waals surface area contributed by atoms with Crippen LogP contribution in [-0.2, 0) is 11.3 Å². The summed E-state index contributed by atoms with van der Waals surface area (Å²) in [5.74, 6) is -0.491. The van der Waals surface area contributed by atoms with Crippen LogP contribution in [-0.4, -0.2) is 73.1 Å². The van der Waals surface area contributed by atoms with Crippen LogP contribution in [0.25, 0.3) is 0 Å². The zero-order chi connectivity index (χ0) is 36.7. The van der Waals surface area contributed by atoms with Crippen LogP contribution in [0.1, 0.15) is 60.7 Å². The van der Waals surface area contributed by atoms with E-state index in [0.29, 0.717) is 48.3 Å². The summed E-state index contributed by atoms with van der Waals surface area (Å²) >= 11 is 6.56. The van der Waals surface area contributed by atoms with Gasteiger partial charge >= 0.3 is 6.18 Å². The first-order valence-corrected chi connectivity index (χ1v) is 17.1. The molecule has 0 amide bonds. The Morgan fingerprint density at radius 1 is 1.10 bits per heavy atom. The molecule has 3 aromatic rings. The number of benzene rings is 2. The fourth-order valence-corrected chi connectivity index (χ4v) is 6.55. The zero-order valence-electron chi connectivity index (χ0n) is 28.8. The first-order chi connectivity index (χ1) is 24.4. The van der Waals surface area contributed by atoms with E-state index in [1.807, 2.05) is 41.2 Å². The lowest BCUT2D eigenvalue weighted by molar-refractivity contribution is -0.138. The standard InChI is InChI=1S/C37H42ClF5N6O2/c1-5-9-32(29(38)6-2)45-35-27(24-12-15-48(16-13-24)17-14-37(41,42)43)22-44-36(46-35)34-26-10-7-8-11-33(26)49(47(34)3)23-28-30(39)20-25(21-31(28)40)51-19-18-50-4/h5-11,20-22,24,34H,1,12-19,23H2,2-4H3,(H,44,45,46)/b29-6+,32-9+. The highest BCUT2D eigenvalue weighted by molar-refractivity contribution is 6.32. The van der Waals surface area contributed by atoms with Gasteiger partial charge in [-0.25, -0.2) is 23.8 Å². The van der Waals surface area contributed by atoms with Crippen molar-refractivity contribution < 1.29 is 31.4 Å². The lowest BCUT2D eigenvalue weighted by Crippen LogP contribution is -2.38. The number of para-hydroxylation sites is 1. The van der Waals surface area contributed by atoms with Gasteiger partial charge in [-0.3, -0.25) is 0 Å². The lowest BCUT2D eigenvalue weighted by Gasteiger charge is -2.33. The van der Waals surface area contributed by atoms with Crippen LogP contribution in [0.4, 0.5) is 33.5 Å². The number of ether oxygens (including phenoxy) is 2. The first kappa shape index (κ1) is 38.2. The Morgan fingerprint density at radius 3 is 2.45 bits per heavy atom. The van der Waals surface area contributed by atoms with Gasteiger partial charge in [0, 0.05) is 55.7 Å². The Kier molecular flexibility index (Phi) is 12.7. The summed E-state index contributed by atoms with van der Waals surface area (Å²) in [6.45, 7) is 6.91. The van der Waals surface area contributed by atoms with Crippen LogP contribution >= 0.6 is 11.6 Å². The second kappa shape index (κ2) is 17.0. The SMILES string of the molecule is C=C/C=C(Nc1nc(C2c3ccccc3N(Cc3c(F)cc(OCCOC)cc3F)N2C)ncc1C1CCN(CCC(F)(F)F)CC1)\C(Cl)=C/C. The van der Waals surface area contributed by atoms with E-state index in [1.54, 1.807) is 36.4 Å². The first-order valence-electron chi connectivity index (χ1n) is 16.7. The van der Waals surface area contributed by atoms with Gasteiger partial charge in [-0.1, -0.05) is 48.5 Å². The van der Waals surface area contributed by atoms with Crippen LogP contribution in [0.15, 0.2) is 78.1 Å². The summed E-state index contributed by atoms with van der Waals surface area (Å²) in [4.78, 5) is 11.7. The minimum Gasteiger partial charge on any atom is -0.491 e. The molecule has 0 aliphatic carbocycles. The smallest absolute Gasteiger partial charge is 0.390 e. The maximum atomic E-state index is 15.4. The van der Waals surface area contributed by atoms with Crippen molar-refractivity contribution in [2.24, 2.45) is 0 Å². The lowest BCUT2D eigenvalue weighted by atomic mass is 9.90. The number of piperidine rings is 1. The van der Waals surface area contributed by atoms with Crippen LogP contribution in [0, 0.1) is 11.6 Å². The number of halogens is 6. The number of nitrogens with zero attached hydrogens (tertiary/aromatic N) is 5. The minimum absolute atomic E-state index is 0.0180. The zero-order valence-corrected chi connectivity index (χ0v) is 29.6. The van der Waals surface area contributed by atoms with Crippen LogP contribution in [0.2, 0.25) is 0 Å². The topological polar surface area (TPSA) is 66.0 Å². The van der Waals surface area contributed by atoms with E-state index in [-0.39, 0.29) is 43.5 Å². The molecule has 0 radical (unpaired) electrons. The molecule has 274 valence electrons. The molecule has 3 heterocycles. The Balaban J connectivity index is 1.46. The van der Waals surface area contributed by atoms with E-state index >= 15 is 8.78 Å². The van der Waals surface area contributed by atoms with Gasteiger partial charge < -0.3 is 24.7 Å². The van der Waals surface area contributed by atoms with Crippen LogP contribution in [0.5, 0.6) is 5.75 Å². The fourth-order valence-electron chi connectivity index (χ4n) is 6.44. The van der Waals surface area contributed by atoms with Gasteiger partial charge in [0.05, 0.1) is 36.0 Å². The Bertz CT molecular complexity index is 1720. The number of allylic oxidation sites excluding steroid dienone is 4. The number of nitrogens with one attached hydrogen (secondary N) is 1. The predicted octanol–water partition coefficient (Wildman–Crippen LogP) is 8.49. The largest absolute Gasteiger partial charge is 0.491 e. The Morgan fingerprint density at radius 2 is 1.80 bits per heavy atom. The van der Waals surface area contributed by atoms with Gasteiger partial charge in [-0.15, -0.1) is 0 Å². The van der Waals surface area contributed by atoms with E-state index in [1.165, 1.54) is 19.2 Å². The molecular weight excluding hydrogens is 691 g/mol. The summed E-state index contributed by atoms with van der Waals surface area (Å²) in [5.41, 5.74) is 2.82. The molecule has 2 aromatic carbocycles.